The van der Waals surface area contributed by atoms with Crippen LogP contribution in [0.5, 0.6) is 5.75 Å². The summed E-state index contributed by atoms with van der Waals surface area (Å²) in [5.74, 6) is -0.562. The van der Waals surface area contributed by atoms with Gasteiger partial charge in [-0.2, -0.15) is 0 Å². The first-order valence-electron chi connectivity index (χ1n) is 11.8. The third-order valence-corrected chi connectivity index (χ3v) is 5.82. The highest BCUT2D eigenvalue weighted by Gasteiger charge is 2.52. The number of carbonyl (C=O) groups is 3. The van der Waals surface area contributed by atoms with Gasteiger partial charge in [0.2, 0.25) is 5.91 Å². The molecule has 9 nitrogen and oxygen atoms in total. The number of morpholine rings is 1. The summed E-state index contributed by atoms with van der Waals surface area (Å²) in [5, 5.41) is 2.78. The monoisotopic (exact) mass is 482 g/mol. The molecule has 4 rings (SSSR count). The van der Waals surface area contributed by atoms with Gasteiger partial charge >= 0.3 is 5.97 Å². The first kappa shape index (κ1) is 24.7. The van der Waals surface area contributed by atoms with E-state index in [4.69, 9.17) is 18.9 Å². The lowest BCUT2D eigenvalue weighted by Gasteiger charge is -2.30. The number of hydrogen-bond acceptors (Lipinski definition) is 7. The Labute approximate surface area is 204 Å². The molecule has 2 heterocycles. The molecule has 2 aromatic rings. The van der Waals surface area contributed by atoms with Crippen molar-refractivity contribution in [1.29, 1.82) is 0 Å². The van der Waals surface area contributed by atoms with Crippen molar-refractivity contribution < 1.29 is 33.3 Å². The normalized spacial score (nSPS) is 20.0. The van der Waals surface area contributed by atoms with Gasteiger partial charge in [0.1, 0.15) is 18.4 Å². The third kappa shape index (κ3) is 6.80. The largest absolute Gasteiger partial charge is 0.489 e. The molecule has 0 spiro atoms. The summed E-state index contributed by atoms with van der Waals surface area (Å²) in [7, 11) is 0. The Morgan fingerprint density at radius 3 is 2.40 bits per heavy atom. The summed E-state index contributed by atoms with van der Waals surface area (Å²) in [6, 6.07) is 16.5. The maximum Gasteiger partial charge on any atom is 0.338 e. The Balaban J connectivity index is 1.38. The topological polar surface area (TPSA) is 107 Å². The van der Waals surface area contributed by atoms with Crippen molar-refractivity contribution in [2.45, 2.75) is 38.2 Å². The molecule has 35 heavy (non-hydrogen) atoms. The van der Waals surface area contributed by atoms with Gasteiger partial charge < -0.3 is 29.2 Å². The van der Waals surface area contributed by atoms with Crippen LogP contribution < -0.4 is 10.1 Å². The van der Waals surface area contributed by atoms with E-state index in [2.05, 4.69) is 5.32 Å². The zero-order valence-electron chi connectivity index (χ0n) is 19.7. The summed E-state index contributed by atoms with van der Waals surface area (Å²) in [6.45, 7) is 4.18. The van der Waals surface area contributed by atoms with Crippen LogP contribution in [-0.4, -0.2) is 73.8 Å². The number of amides is 2. The molecule has 0 aromatic heterocycles. The highest BCUT2D eigenvalue weighted by molar-refractivity contribution is 5.95. The van der Waals surface area contributed by atoms with Gasteiger partial charge in [0, 0.05) is 19.5 Å². The summed E-state index contributed by atoms with van der Waals surface area (Å²) in [6.07, 6.45) is -1.57. The Morgan fingerprint density at radius 2 is 1.71 bits per heavy atom. The van der Waals surface area contributed by atoms with Crippen molar-refractivity contribution >= 4 is 17.8 Å². The van der Waals surface area contributed by atoms with Gasteiger partial charge in [-0.05, 0) is 30.2 Å². The van der Waals surface area contributed by atoms with E-state index in [1.54, 1.807) is 11.8 Å². The number of rotatable bonds is 10. The molecule has 0 unspecified atom stereocenters. The molecule has 0 saturated carbocycles. The predicted octanol–water partition coefficient (Wildman–Crippen LogP) is 1.48. The van der Waals surface area contributed by atoms with Crippen LogP contribution in [0.1, 0.15) is 18.1 Å². The predicted molar refractivity (Wildman–Crippen MR) is 126 cm³/mol. The van der Waals surface area contributed by atoms with E-state index in [-0.39, 0.29) is 18.9 Å². The van der Waals surface area contributed by atoms with Crippen LogP contribution in [-0.2, 0) is 41.6 Å². The minimum atomic E-state index is -0.942. The van der Waals surface area contributed by atoms with Crippen molar-refractivity contribution in [2.24, 2.45) is 0 Å². The maximum absolute atomic E-state index is 13.2. The van der Waals surface area contributed by atoms with E-state index in [0.717, 1.165) is 11.1 Å². The average Bonchev–Trinajstić information content (AvgIpc) is 3.70. The van der Waals surface area contributed by atoms with Gasteiger partial charge in [-0.25, -0.2) is 4.79 Å². The van der Waals surface area contributed by atoms with Gasteiger partial charge in [0.15, 0.2) is 12.2 Å². The molecule has 9 heteroatoms. The van der Waals surface area contributed by atoms with Gasteiger partial charge in [-0.3, -0.25) is 9.59 Å². The zero-order chi connectivity index (χ0) is 24.6. The molecule has 186 valence electrons. The fourth-order valence-electron chi connectivity index (χ4n) is 3.87. The molecule has 0 radical (unpaired) electrons. The molecular weight excluding hydrogens is 452 g/mol. The first-order chi connectivity index (χ1) is 17.0. The molecule has 2 fully saturated rings. The molecule has 0 bridgehead atoms. The summed E-state index contributed by atoms with van der Waals surface area (Å²) in [5.41, 5.74) is 1.93. The molecule has 2 amide bonds. The van der Waals surface area contributed by atoms with E-state index in [1.165, 1.54) is 0 Å². The van der Waals surface area contributed by atoms with Crippen LogP contribution in [0, 0.1) is 0 Å². The number of esters is 1. The number of benzene rings is 2. The van der Waals surface area contributed by atoms with Crippen molar-refractivity contribution in [2.75, 3.05) is 32.9 Å². The van der Waals surface area contributed by atoms with Crippen LogP contribution in [0.3, 0.4) is 0 Å². The van der Waals surface area contributed by atoms with E-state index in [1.807, 2.05) is 54.6 Å². The number of ether oxygens (including phenoxy) is 4. The average molecular weight is 483 g/mol. The quantitative estimate of drug-likeness (QED) is 0.404. The van der Waals surface area contributed by atoms with Crippen molar-refractivity contribution in [3.05, 3.63) is 65.7 Å². The van der Waals surface area contributed by atoms with Crippen LogP contribution in [0.2, 0.25) is 0 Å². The SMILES string of the molecule is CCOC(=O)[C@H]1O[C@@H]1C(=O)N[C@@H](Cc1ccc(OCc2ccccc2)cc1)C(=O)N1CCOCC1. The Morgan fingerprint density at radius 1 is 1.00 bits per heavy atom. The lowest BCUT2D eigenvalue weighted by atomic mass is 10.0. The second kappa shape index (κ2) is 11.8. The minimum absolute atomic E-state index is 0.195. The van der Waals surface area contributed by atoms with E-state index >= 15 is 0 Å². The van der Waals surface area contributed by atoms with Gasteiger partial charge in [-0.15, -0.1) is 0 Å². The Hall–Kier alpha value is -3.43. The molecule has 0 aliphatic carbocycles. The number of nitrogens with one attached hydrogen (secondary N) is 1. The Bertz CT molecular complexity index is 1010. The van der Waals surface area contributed by atoms with Crippen molar-refractivity contribution in [1.82, 2.24) is 10.2 Å². The number of hydrogen-bond donors (Lipinski definition) is 1. The van der Waals surface area contributed by atoms with Crippen molar-refractivity contribution in [3.8, 4) is 5.75 Å². The number of nitrogens with zero attached hydrogens (tertiary/aromatic N) is 1. The second-order valence-corrected chi connectivity index (χ2v) is 8.35. The molecular formula is C26H30N2O7. The summed E-state index contributed by atoms with van der Waals surface area (Å²) >= 11 is 0. The first-order valence-corrected chi connectivity index (χ1v) is 11.8. The lowest BCUT2D eigenvalue weighted by molar-refractivity contribution is -0.144. The van der Waals surface area contributed by atoms with Crippen LogP contribution in [0.25, 0.3) is 0 Å². The van der Waals surface area contributed by atoms with Crippen molar-refractivity contribution in [3.63, 3.8) is 0 Å². The smallest absolute Gasteiger partial charge is 0.338 e. The Kier molecular flexibility index (Phi) is 8.33. The second-order valence-electron chi connectivity index (χ2n) is 8.35. The number of epoxide rings is 1. The molecule has 1 N–H and O–H groups in total. The molecule has 2 saturated heterocycles. The van der Waals surface area contributed by atoms with Gasteiger partial charge in [0.25, 0.3) is 5.91 Å². The van der Waals surface area contributed by atoms with E-state index < -0.39 is 30.1 Å². The molecule has 2 aromatic carbocycles. The van der Waals surface area contributed by atoms with Gasteiger partial charge in [0.05, 0.1) is 19.8 Å². The van der Waals surface area contributed by atoms with Crippen LogP contribution >= 0.6 is 0 Å². The molecule has 3 atom stereocenters. The fourth-order valence-corrected chi connectivity index (χ4v) is 3.87. The van der Waals surface area contributed by atoms with Crippen LogP contribution in [0.4, 0.5) is 0 Å². The standard InChI is InChI=1S/C26H30N2O7/c1-2-33-26(31)23-22(35-23)24(29)27-21(25(30)28-12-14-32-15-13-28)16-18-8-10-20(11-9-18)34-17-19-6-4-3-5-7-19/h3-11,21-23H,2,12-17H2,1H3,(H,27,29)/t21-,22-,23-/m0/s1. The zero-order valence-corrected chi connectivity index (χ0v) is 19.7. The lowest BCUT2D eigenvalue weighted by Crippen LogP contribution is -2.53. The van der Waals surface area contributed by atoms with E-state index in [0.29, 0.717) is 38.7 Å². The third-order valence-electron chi connectivity index (χ3n) is 5.82. The highest BCUT2D eigenvalue weighted by atomic mass is 16.6. The molecule has 2 aliphatic rings. The number of carbonyl (C=O) groups excluding carboxylic acids is 3. The summed E-state index contributed by atoms with van der Waals surface area (Å²) < 4.78 is 21.3. The molecule has 2 aliphatic heterocycles. The summed E-state index contributed by atoms with van der Waals surface area (Å²) in [4.78, 5) is 39.5. The van der Waals surface area contributed by atoms with E-state index in [9.17, 15) is 14.4 Å². The minimum Gasteiger partial charge on any atom is -0.489 e. The fraction of sp³-hybridized carbons (Fsp3) is 0.423. The highest BCUT2D eigenvalue weighted by Crippen LogP contribution is 2.24. The van der Waals surface area contributed by atoms with Crippen LogP contribution in [0.15, 0.2) is 54.6 Å². The maximum atomic E-state index is 13.2. The van der Waals surface area contributed by atoms with Gasteiger partial charge in [-0.1, -0.05) is 42.5 Å².